The summed E-state index contributed by atoms with van der Waals surface area (Å²) in [5, 5.41) is 9.85. The summed E-state index contributed by atoms with van der Waals surface area (Å²) < 4.78 is 49.4. The molecule has 1 aromatic carbocycles. The van der Waals surface area contributed by atoms with Crippen molar-refractivity contribution in [2.45, 2.75) is 37.6 Å². The van der Waals surface area contributed by atoms with Gasteiger partial charge in [-0.05, 0) is 24.0 Å². The number of piperidine rings is 1. The fraction of sp³-hybridized carbons (Fsp3) is 0.421. The second-order valence-corrected chi connectivity index (χ2v) is 6.95. The SMILES string of the molecule is C=C(Cc1oc(N2CCC3(CC2)OCc2ccccc23)nc1O)C(F)(F)F. The van der Waals surface area contributed by atoms with Crippen molar-refractivity contribution < 1.29 is 27.4 Å². The van der Waals surface area contributed by atoms with Gasteiger partial charge < -0.3 is 19.2 Å². The van der Waals surface area contributed by atoms with Crippen molar-refractivity contribution in [2.24, 2.45) is 0 Å². The lowest BCUT2D eigenvalue weighted by atomic mass is 9.84. The minimum Gasteiger partial charge on any atom is -0.491 e. The largest absolute Gasteiger partial charge is 0.491 e. The molecule has 0 amide bonds. The summed E-state index contributed by atoms with van der Waals surface area (Å²) in [4.78, 5) is 5.71. The first-order valence-electron chi connectivity index (χ1n) is 8.69. The minimum atomic E-state index is -4.54. The normalized spacial score (nSPS) is 18.7. The van der Waals surface area contributed by atoms with Gasteiger partial charge in [0.05, 0.1) is 12.2 Å². The first-order valence-corrected chi connectivity index (χ1v) is 8.69. The van der Waals surface area contributed by atoms with Crippen molar-refractivity contribution >= 4 is 6.01 Å². The molecule has 3 heterocycles. The van der Waals surface area contributed by atoms with Gasteiger partial charge in [0.25, 0.3) is 5.88 Å². The van der Waals surface area contributed by atoms with Crippen LogP contribution in [-0.2, 0) is 23.4 Å². The molecule has 0 radical (unpaired) electrons. The van der Waals surface area contributed by atoms with Gasteiger partial charge in [0, 0.05) is 25.1 Å². The number of halogens is 3. The van der Waals surface area contributed by atoms with Crippen molar-refractivity contribution in [3.63, 3.8) is 0 Å². The molecular formula is C19H19F3N2O3. The third-order valence-electron chi connectivity index (χ3n) is 5.29. The second-order valence-electron chi connectivity index (χ2n) is 6.95. The topological polar surface area (TPSA) is 58.7 Å². The van der Waals surface area contributed by atoms with E-state index in [0.29, 0.717) is 32.5 Å². The quantitative estimate of drug-likeness (QED) is 0.814. The predicted octanol–water partition coefficient (Wildman–Crippen LogP) is 4.07. The molecule has 5 nitrogen and oxygen atoms in total. The van der Waals surface area contributed by atoms with Crippen molar-refractivity contribution in [3.05, 3.63) is 53.3 Å². The summed E-state index contributed by atoms with van der Waals surface area (Å²) >= 11 is 0. The third-order valence-corrected chi connectivity index (χ3v) is 5.29. The van der Waals surface area contributed by atoms with Gasteiger partial charge in [-0.1, -0.05) is 30.8 Å². The number of hydrogen-bond acceptors (Lipinski definition) is 5. The fourth-order valence-corrected chi connectivity index (χ4v) is 3.73. The molecule has 1 saturated heterocycles. The van der Waals surface area contributed by atoms with Crippen molar-refractivity contribution in [1.82, 2.24) is 4.98 Å². The Hall–Kier alpha value is -2.48. The Morgan fingerprint density at radius 1 is 1.26 bits per heavy atom. The molecule has 2 aliphatic heterocycles. The molecule has 0 unspecified atom stereocenters. The van der Waals surface area contributed by atoms with E-state index in [0.717, 1.165) is 0 Å². The summed E-state index contributed by atoms with van der Waals surface area (Å²) in [6.07, 6.45) is -3.75. The van der Waals surface area contributed by atoms with Crippen LogP contribution in [0.2, 0.25) is 0 Å². The van der Waals surface area contributed by atoms with Gasteiger partial charge in [-0.2, -0.15) is 18.2 Å². The predicted molar refractivity (Wildman–Crippen MR) is 91.4 cm³/mol. The number of allylic oxidation sites excluding steroid dienone is 1. The van der Waals surface area contributed by atoms with E-state index in [2.05, 4.69) is 23.7 Å². The number of fused-ring (bicyclic) bond motifs is 2. The highest BCUT2D eigenvalue weighted by Gasteiger charge is 2.43. The molecule has 27 heavy (non-hydrogen) atoms. The monoisotopic (exact) mass is 380 g/mol. The number of nitrogens with zero attached hydrogens (tertiary/aromatic N) is 2. The van der Waals surface area contributed by atoms with E-state index in [1.165, 1.54) is 11.1 Å². The van der Waals surface area contributed by atoms with Crippen LogP contribution in [0.1, 0.15) is 29.7 Å². The van der Waals surface area contributed by atoms with Gasteiger partial charge in [0.1, 0.15) is 0 Å². The highest BCUT2D eigenvalue weighted by Crippen LogP contribution is 2.44. The molecule has 2 aromatic rings. The van der Waals surface area contributed by atoms with E-state index in [1.807, 2.05) is 17.0 Å². The molecular weight excluding hydrogens is 361 g/mol. The van der Waals surface area contributed by atoms with Crippen LogP contribution in [0.25, 0.3) is 0 Å². The Morgan fingerprint density at radius 2 is 1.96 bits per heavy atom. The molecule has 1 aromatic heterocycles. The third kappa shape index (κ3) is 3.18. The van der Waals surface area contributed by atoms with Gasteiger partial charge in [-0.3, -0.25) is 0 Å². The van der Waals surface area contributed by atoms with Gasteiger partial charge in [0.2, 0.25) is 0 Å². The first kappa shape index (κ1) is 17.9. The Labute approximate surface area is 154 Å². The van der Waals surface area contributed by atoms with Gasteiger partial charge in [-0.25, -0.2) is 0 Å². The number of oxazole rings is 1. The summed E-state index contributed by atoms with van der Waals surface area (Å²) in [5.74, 6) is -0.756. The van der Waals surface area contributed by atoms with Crippen LogP contribution in [0.3, 0.4) is 0 Å². The summed E-state index contributed by atoms with van der Waals surface area (Å²) in [6.45, 7) is 4.71. The lowest BCUT2D eigenvalue weighted by molar-refractivity contribution is -0.0931. The lowest BCUT2D eigenvalue weighted by Crippen LogP contribution is -2.42. The molecule has 1 spiro atoms. The zero-order chi connectivity index (χ0) is 19.2. The summed E-state index contributed by atoms with van der Waals surface area (Å²) in [5.41, 5.74) is 1.05. The molecule has 1 fully saturated rings. The average Bonchev–Trinajstić information content (AvgIpc) is 3.17. The minimum absolute atomic E-state index is 0.124. The van der Waals surface area contributed by atoms with Crippen LogP contribution in [0.5, 0.6) is 5.88 Å². The second kappa shape index (κ2) is 6.30. The van der Waals surface area contributed by atoms with E-state index in [9.17, 15) is 18.3 Å². The molecule has 0 aliphatic carbocycles. The molecule has 144 valence electrons. The molecule has 0 saturated carbocycles. The van der Waals surface area contributed by atoms with Crippen LogP contribution in [0, 0.1) is 0 Å². The summed E-state index contributed by atoms with van der Waals surface area (Å²) in [7, 11) is 0. The number of aromatic nitrogens is 1. The van der Waals surface area contributed by atoms with Gasteiger partial charge in [0.15, 0.2) is 5.76 Å². The van der Waals surface area contributed by atoms with Crippen molar-refractivity contribution in [1.29, 1.82) is 0 Å². The average molecular weight is 380 g/mol. The van der Waals surface area contributed by atoms with Crippen LogP contribution >= 0.6 is 0 Å². The first-order chi connectivity index (χ1) is 12.8. The fourth-order valence-electron chi connectivity index (χ4n) is 3.73. The number of alkyl halides is 3. The van der Waals surface area contributed by atoms with Crippen molar-refractivity contribution in [2.75, 3.05) is 18.0 Å². The zero-order valence-corrected chi connectivity index (χ0v) is 14.6. The van der Waals surface area contributed by atoms with E-state index in [-0.39, 0.29) is 17.4 Å². The highest BCUT2D eigenvalue weighted by atomic mass is 19.4. The number of hydrogen-bond donors (Lipinski definition) is 1. The Kier molecular flexibility index (Phi) is 4.18. The Morgan fingerprint density at radius 3 is 2.67 bits per heavy atom. The van der Waals surface area contributed by atoms with Gasteiger partial charge >= 0.3 is 12.2 Å². The van der Waals surface area contributed by atoms with Crippen LogP contribution in [0.15, 0.2) is 40.8 Å². The number of ether oxygens (including phenoxy) is 1. The van der Waals surface area contributed by atoms with Crippen LogP contribution < -0.4 is 4.90 Å². The van der Waals surface area contributed by atoms with Crippen LogP contribution in [-0.4, -0.2) is 29.4 Å². The molecule has 4 rings (SSSR count). The smallest absolute Gasteiger partial charge is 0.412 e. The van der Waals surface area contributed by atoms with E-state index in [1.54, 1.807) is 0 Å². The maximum Gasteiger partial charge on any atom is 0.412 e. The Balaban J connectivity index is 1.47. The molecule has 8 heteroatoms. The Bertz CT molecular complexity index is 867. The van der Waals surface area contributed by atoms with Crippen LogP contribution in [0.4, 0.5) is 19.2 Å². The van der Waals surface area contributed by atoms with E-state index < -0.39 is 24.1 Å². The number of aromatic hydroxyl groups is 1. The van der Waals surface area contributed by atoms with E-state index >= 15 is 0 Å². The van der Waals surface area contributed by atoms with E-state index in [4.69, 9.17) is 9.15 Å². The molecule has 1 N–H and O–H groups in total. The lowest BCUT2D eigenvalue weighted by Gasteiger charge is -2.38. The summed E-state index contributed by atoms with van der Waals surface area (Å²) in [6, 6.07) is 8.24. The molecule has 0 atom stereocenters. The standard InChI is InChI=1S/C19H19F3N2O3/c1-12(19(20,21)22)10-15-16(25)23-17(27-15)24-8-6-18(7-9-24)14-5-3-2-4-13(14)11-26-18/h2-5,25H,1,6-11H2. The van der Waals surface area contributed by atoms with Gasteiger partial charge in [-0.15, -0.1) is 0 Å². The zero-order valence-electron chi connectivity index (χ0n) is 14.6. The van der Waals surface area contributed by atoms with Crippen molar-refractivity contribution in [3.8, 4) is 5.88 Å². The maximum atomic E-state index is 12.7. The highest BCUT2D eigenvalue weighted by molar-refractivity contribution is 5.39. The number of anilines is 1. The maximum absolute atomic E-state index is 12.7. The molecule has 0 bridgehead atoms. The molecule has 2 aliphatic rings. The number of benzene rings is 1. The number of rotatable bonds is 3.